The van der Waals surface area contributed by atoms with Crippen LogP contribution in [-0.4, -0.2) is 38.4 Å². The molecule has 104 valence electrons. The van der Waals surface area contributed by atoms with Gasteiger partial charge in [0.05, 0.1) is 18.9 Å². The number of ether oxygens (including phenoxy) is 2. The molecule has 2 N–H and O–H groups in total. The lowest BCUT2D eigenvalue weighted by Crippen LogP contribution is -2.27. The van der Waals surface area contributed by atoms with Crippen LogP contribution in [0.5, 0.6) is 0 Å². The third-order valence-corrected chi connectivity index (χ3v) is 3.78. The third-order valence-electron chi connectivity index (χ3n) is 2.60. The second-order valence-electron chi connectivity index (χ2n) is 3.78. The van der Waals surface area contributed by atoms with Crippen LogP contribution in [0.15, 0.2) is 0 Å². The lowest BCUT2D eigenvalue weighted by atomic mass is 10.4. The first kappa shape index (κ1) is 15.4. The van der Waals surface area contributed by atoms with Gasteiger partial charge in [0, 0.05) is 38.2 Å². The second-order valence-corrected chi connectivity index (χ2v) is 4.84. The predicted octanol–water partition coefficient (Wildman–Crippen LogP) is 1.61. The van der Waals surface area contributed by atoms with Gasteiger partial charge in [-0.1, -0.05) is 0 Å². The Morgan fingerprint density at radius 3 is 2.72 bits per heavy atom. The molecule has 0 saturated heterocycles. The summed E-state index contributed by atoms with van der Waals surface area (Å²) < 4.78 is 10.5. The van der Waals surface area contributed by atoms with Crippen LogP contribution in [0.1, 0.15) is 24.4 Å². The Labute approximate surface area is 113 Å². The van der Waals surface area contributed by atoms with Crippen molar-refractivity contribution in [1.82, 2.24) is 4.98 Å². The van der Waals surface area contributed by atoms with E-state index in [2.05, 4.69) is 16.8 Å². The summed E-state index contributed by atoms with van der Waals surface area (Å²) in [6.45, 7) is 8.39. The molecule has 0 amide bonds. The molecule has 0 aliphatic carbocycles. The number of nitrogens with two attached hydrogens (primary N) is 1. The Kier molecular flexibility index (Phi) is 7.19. The van der Waals surface area contributed by atoms with Crippen LogP contribution in [0.3, 0.4) is 0 Å². The van der Waals surface area contributed by atoms with Gasteiger partial charge in [-0.25, -0.2) is 4.98 Å². The van der Waals surface area contributed by atoms with Gasteiger partial charge in [0.1, 0.15) is 0 Å². The minimum absolute atomic E-state index is 0.513. The van der Waals surface area contributed by atoms with Gasteiger partial charge in [-0.15, -0.1) is 11.3 Å². The molecule has 0 radical (unpaired) electrons. The van der Waals surface area contributed by atoms with E-state index in [9.17, 15) is 0 Å². The predicted molar refractivity (Wildman–Crippen MR) is 75.1 cm³/mol. The Morgan fingerprint density at radius 2 is 2.17 bits per heavy atom. The van der Waals surface area contributed by atoms with Gasteiger partial charge in [-0.05, 0) is 13.8 Å². The number of rotatable bonds is 9. The number of anilines is 1. The Morgan fingerprint density at radius 1 is 1.39 bits per heavy atom. The average Bonchev–Trinajstić information content (AvgIpc) is 2.78. The molecular weight excluding hydrogens is 250 g/mol. The minimum Gasteiger partial charge on any atom is -0.380 e. The summed E-state index contributed by atoms with van der Waals surface area (Å²) in [6, 6.07) is 0. The fourth-order valence-electron chi connectivity index (χ4n) is 1.62. The van der Waals surface area contributed by atoms with Gasteiger partial charge in [0.25, 0.3) is 0 Å². The van der Waals surface area contributed by atoms with Crippen molar-refractivity contribution in [1.29, 1.82) is 0 Å². The lowest BCUT2D eigenvalue weighted by Gasteiger charge is -2.19. The van der Waals surface area contributed by atoms with Crippen LogP contribution in [0.25, 0.3) is 0 Å². The normalized spacial score (nSPS) is 10.9. The summed E-state index contributed by atoms with van der Waals surface area (Å²) in [4.78, 5) is 7.91. The summed E-state index contributed by atoms with van der Waals surface area (Å²) in [5.74, 6) is 0. The van der Waals surface area contributed by atoms with Gasteiger partial charge in [-0.2, -0.15) is 0 Å². The summed E-state index contributed by atoms with van der Waals surface area (Å²) in [6.07, 6.45) is 0. The molecular formula is C12H23N3O2S. The maximum atomic E-state index is 5.73. The maximum Gasteiger partial charge on any atom is 0.185 e. The van der Waals surface area contributed by atoms with E-state index in [1.54, 1.807) is 18.4 Å². The molecule has 1 heterocycles. The first-order valence-corrected chi connectivity index (χ1v) is 7.08. The van der Waals surface area contributed by atoms with E-state index in [4.69, 9.17) is 15.2 Å². The molecule has 0 aliphatic heterocycles. The van der Waals surface area contributed by atoms with Crippen molar-refractivity contribution in [2.45, 2.75) is 27.0 Å². The SMILES string of the molecule is CCOCCN(CC)c1nc(COC)c(CN)s1. The van der Waals surface area contributed by atoms with Crippen LogP contribution < -0.4 is 10.6 Å². The van der Waals surface area contributed by atoms with E-state index in [0.717, 1.165) is 42.0 Å². The van der Waals surface area contributed by atoms with Crippen LogP contribution in [-0.2, 0) is 22.6 Å². The molecule has 6 heteroatoms. The van der Waals surface area contributed by atoms with Gasteiger partial charge < -0.3 is 20.1 Å². The van der Waals surface area contributed by atoms with Gasteiger partial charge >= 0.3 is 0 Å². The van der Waals surface area contributed by atoms with Crippen LogP contribution in [0.2, 0.25) is 0 Å². The first-order chi connectivity index (χ1) is 8.76. The fourth-order valence-corrected chi connectivity index (χ4v) is 2.65. The molecule has 0 bridgehead atoms. The Bertz CT molecular complexity index is 344. The highest BCUT2D eigenvalue weighted by Gasteiger charge is 2.14. The van der Waals surface area contributed by atoms with Gasteiger partial charge in [0.2, 0.25) is 0 Å². The zero-order chi connectivity index (χ0) is 13.4. The highest BCUT2D eigenvalue weighted by atomic mass is 32.1. The Hall–Kier alpha value is -0.690. The molecule has 0 atom stereocenters. The number of methoxy groups -OCH3 is 1. The highest BCUT2D eigenvalue weighted by Crippen LogP contribution is 2.26. The number of likely N-dealkylation sites (N-methyl/N-ethyl adjacent to an activating group) is 1. The molecule has 1 rings (SSSR count). The summed E-state index contributed by atoms with van der Waals surface area (Å²) in [5, 5.41) is 1.00. The smallest absolute Gasteiger partial charge is 0.185 e. The number of aromatic nitrogens is 1. The average molecular weight is 273 g/mol. The number of hydrogen-bond acceptors (Lipinski definition) is 6. The molecule has 0 aromatic carbocycles. The summed E-state index contributed by atoms with van der Waals surface area (Å²) in [7, 11) is 1.67. The van der Waals surface area contributed by atoms with Crippen molar-refractivity contribution < 1.29 is 9.47 Å². The zero-order valence-corrected chi connectivity index (χ0v) is 12.3. The summed E-state index contributed by atoms with van der Waals surface area (Å²) >= 11 is 1.64. The van der Waals surface area contributed by atoms with Gasteiger partial charge in [0.15, 0.2) is 5.13 Å². The van der Waals surface area contributed by atoms with E-state index >= 15 is 0 Å². The molecule has 5 nitrogen and oxygen atoms in total. The maximum absolute atomic E-state index is 5.73. The molecule has 0 saturated carbocycles. The van der Waals surface area contributed by atoms with Crippen LogP contribution in [0, 0.1) is 0 Å². The molecule has 1 aromatic heterocycles. The highest BCUT2D eigenvalue weighted by molar-refractivity contribution is 7.15. The zero-order valence-electron chi connectivity index (χ0n) is 11.4. The molecule has 0 fully saturated rings. The van der Waals surface area contributed by atoms with E-state index < -0.39 is 0 Å². The number of hydrogen-bond donors (Lipinski definition) is 1. The topological polar surface area (TPSA) is 60.6 Å². The van der Waals surface area contributed by atoms with Crippen molar-refractivity contribution in [3.63, 3.8) is 0 Å². The minimum atomic E-state index is 0.513. The molecule has 0 aliphatic rings. The van der Waals surface area contributed by atoms with Gasteiger partial charge in [-0.3, -0.25) is 0 Å². The van der Waals surface area contributed by atoms with E-state index in [-0.39, 0.29) is 0 Å². The third kappa shape index (κ3) is 4.20. The standard InChI is InChI=1S/C12H23N3O2S/c1-4-15(6-7-17-5-2)12-14-10(9-16-3)11(8-13)18-12/h4-9,13H2,1-3H3. The first-order valence-electron chi connectivity index (χ1n) is 6.27. The summed E-state index contributed by atoms with van der Waals surface area (Å²) in [5.41, 5.74) is 6.68. The van der Waals surface area contributed by atoms with Crippen LogP contribution in [0.4, 0.5) is 5.13 Å². The van der Waals surface area contributed by atoms with Crippen molar-refractivity contribution in [3.05, 3.63) is 10.6 Å². The van der Waals surface area contributed by atoms with E-state index in [0.29, 0.717) is 13.2 Å². The number of nitrogens with zero attached hydrogens (tertiary/aromatic N) is 2. The van der Waals surface area contributed by atoms with Crippen molar-refractivity contribution >= 4 is 16.5 Å². The largest absolute Gasteiger partial charge is 0.380 e. The van der Waals surface area contributed by atoms with E-state index in [1.165, 1.54) is 0 Å². The fraction of sp³-hybridized carbons (Fsp3) is 0.750. The van der Waals surface area contributed by atoms with Crippen molar-refractivity contribution in [2.24, 2.45) is 5.73 Å². The van der Waals surface area contributed by atoms with E-state index in [1.807, 2.05) is 6.92 Å². The lowest BCUT2D eigenvalue weighted by molar-refractivity contribution is 0.154. The Balaban J connectivity index is 2.72. The van der Waals surface area contributed by atoms with Crippen LogP contribution >= 0.6 is 11.3 Å². The van der Waals surface area contributed by atoms with Crippen molar-refractivity contribution in [2.75, 3.05) is 38.3 Å². The molecule has 1 aromatic rings. The molecule has 18 heavy (non-hydrogen) atoms. The number of thiazole rings is 1. The monoisotopic (exact) mass is 273 g/mol. The molecule has 0 spiro atoms. The quantitative estimate of drug-likeness (QED) is 0.693. The molecule has 0 unspecified atom stereocenters. The second kappa shape index (κ2) is 8.42. The van der Waals surface area contributed by atoms with Crippen molar-refractivity contribution in [3.8, 4) is 0 Å².